The zero-order valence-corrected chi connectivity index (χ0v) is 12.6. The van der Waals surface area contributed by atoms with Crippen molar-refractivity contribution >= 4 is 5.69 Å². The first kappa shape index (κ1) is 14.8. The lowest BCUT2D eigenvalue weighted by atomic mass is 10.1. The number of nitrogen functional groups attached to an aromatic ring is 1. The second-order valence-electron chi connectivity index (χ2n) is 5.04. The monoisotopic (exact) mass is 308 g/mol. The summed E-state index contributed by atoms with van der Waals surface area (Å²) >= 11 is 0. The highest BCUT2D eigenvalue weighted by molar-refractivity contribution is 5.56. The quantitative estimate of drug-likeness (QED) is 0.719. The van der Waals surface area contributed by atoms with Crippen LogP contribution in [0.25, 0.3) is 11.4 Å². The lowest BCUT2D eigenvalue weighted by Gasteiger charge is -2.06. The van der Waals surface area contributed by atoms with Crippen molar-refractivity contribution in [1.29, 1.82) is 0 Å². The molecule has 0 spiro atoms. The third-order valence-electron chi connectivity index (χ3n) is 3.53. The number of nitrogens with two attached hydrogens (primary N) is 1. The fourth-order valence-corrected chi connectivity index (χ4v) is 2.24. The van der Waals surface area contributed by atoms with Gasteiger partial charge in [-0.15, -0.1) is 0 Å². The molecule has 2 aromatic carbocycles. The number of methoxy groups -OCH3 is 1. The normalized spacial score (nSPS) is 10.5. The molecule has 3 aromatic rings. The minimum atomic E-state index is -0.314. The van der Waals surface area contributed by atoms with Crippen molar-refractivity contribution in [2.75, 3.05) is 12.8 Å². The number of anilines is 1. The number of hydrogen-bond donors (Lipinski definition) is 2. The molecule has 0 unspecified atom stereocenters. The van der Waals surface area contributed by atoms with Crippen LogP contribution in [0, 0.1) is 0 Å². The Kier molecular flexibility index (Phi) is 4.05. The smallest absolute Gasteiger partial charge is 0.286 e. The molecule has 0 fully saturated rings. The molecule has 1 aromatic heterocycles. The number of aromatic nitrogens is 3. The Morgan fingerprint density at radius 1 is 1.13 bits per heavy atom. The lowest BCUT2D eigenvalue weighted by Crippen LogP contribution is -2.18. The van der Waals surface area contributed by atoms with E-state index in [9.17, 15) is 4.79 Å². The maximum atomic E-state index is 12.0. The summed E-state index contributed by atoms with van der Waals surface area (Å²) in [4.78, 5) is 16.4. The van der Waals surface area contributed by atoms with Crippen LogP contribution in [0.5, 0.6) is 5.75 Å². The Bertz CT molecular complexity index is 872. The van der Waals surface area contributed by atoms with Crippen molar-refractivity contribution in [3.63, 3.8) is 0 Å². The van der Waals surface area contributed by atoms with E-state index in [-0.39, 0.29) is 5.56 Å². The molecule has 23 heavy (non-hydrogen) atoms. The highest BCUT2D eigenvalue weighted by atomic mass is 16.5. The van der Waals surface area contributed by atoms with Crippen molar-refractivity contribution in [3.8, 4) is 17.1 Å². The molecule has 0 atom stereocenters. The molecule has 0 radical (unpaired) electrons. The lowest BCUT2D eigenvalue weighted by molar-refractivity contribution is 0.415. The Hall–Kier alpha value is -3.15. The fraction of sp³-hybridized carbons (Fsp3) is 0.118. The predicted octanol–water partition coefficient (Wildman–Crippen LogP) is 2.01. The van der Waals surface area contributed by atoms with E-state index >= 15 is 0 Å². The van der Waals surface area contributed by atoms with E-state index in [2.05, 4.69) is 15.2 Å². The second kappa shape index (κ2) is 6.31. The largest absolute Gasteiger partial charge is 0.497 e. The van der Waals surface area contributed by atoms with Gasteiger partial charge in [0, 0.05) is 17.7 Å². The molecule has 0 amide bonds. The van der Waals surface area contributed by atoms with Crippen LogP contribution in [0.1, 0.15) is 11.3 Å². The summed E-state index contributed by atoms with van der Waals surface area (Å²) in [5.74, 6) is 1.20. The fourth-order valence-electron chi connectivity index (χ4n) is 2.24. The zero-order chi connectivity index (χ0) is 16.2. The third kappa shape index (κ3) is 3.21. The molecule has 1 heterocycles. The summed E-state index contributed by atoms with van der Waals surface area (Å²) in [6.45, 7) is 0. The first-order valence-corrected chi connectivity index (χ1v) is 7.11. The SMILES string of the molecule is COc1ccc(-c2n[nH]c(=O)c(Cc3ccccc3N)n2)cc1. The molecular formula is C17H16N4O2. The van der Waals surface area contributed by atoms with Crippen LogP contribution in [0.3, 0.4) is 0 Å². The number of hydrogen-bond acceptors (Lipinski definition) is 5. The minimum absolute atomic E-state index is 0.314. The summed E-state index contributed by atoms with van der Waals surface area (Å²) in [6, 6.07) is 14.7. The van der Waals surface area contributed by atoms with Gasteiger partial charge < -0.3 is 10.5 Å². The number of nitrogens with one attached hydrogen (secondary N) is 1. The molecular weight excluding hydrogens is 292 g/mol. The highest BCUT2D eigenvalue weighted by Gasteiger charge is 2.10. The van der Waals surface area contributed by atoms with Gasteiger partial charge in [0.15, 0.2) is 5.82 Å². The number of benzene rings is 2. The number of para-hydroxylation sites is 1. The number of ether oxygens (including phenoxy) is 1. The van der Waals surface area contributed by atoms with E-state index in [1.807, 2.05) is 42.5 Å². The zero-order valence-electron chi connectivity index (χ0n) is 12.6. The van der Waals surface area contributed by atoms with Gasteiger partial charge >= 0.3 is 0 Å². The van der Waals surface area contributed by atoms with Crippen molar-refractivity contribution in [2.45, 2.75) is 6.42 Å². The van der Waals surface area contributed by atoms with E-state index in [0.29, 0.717) is 23.6 Å². The molecule has 0 bridgehead atoms. The van der Waals surface area contributed by atoms with Gasteiger partial charge in [0.05, 0.1) is 7.11 Å². The standard InChI is InChI=1S/C17H16N4O2/c1-23-13-8-6-11(7-9-13)16-19-15(17(22)21-20-16)10-12-4-2-3-5-14(12)18/h2-9H,10,18H2,1H3,(H,21,22). The molecule has 0 aliphatic heterocycles. The van der Waals surface area contributed by atoms with E-state index in [4.69, 9.17) is 10.5 Å². The van der Waals surface area contributed by atoms with Gasteiger partial charge in [-0.05, 0) is 35.9 Å². The van der Waals surface area contributed by atoms with Gasteiger partial charge in [-0.2, -0.15) is 5.10 Å². The Morgan fingerprint density at radius 3 is 2.57 bits per heavy atom. The first-order valence-electron chi connectivity index (χ1n) is 7.11. The maximum absolute atomic E-state index is 12.0. The number of nitrogens with zero attached hydrogens (tertiary/aromatic N) is 2. The van der Waals surface area contributed by atoms with Crippen LogP contribution in [0.2, 0.25) is 0 Å². The van der Waals surface area contributed by atoms with Crippen molar-refractivity contribution in [1.82, 2.24) is 15.2 Å². The highest BCUT2D eigenvalue weighted by Crippen LogP contribution is 2.19. The van der Waals surface area contributed by atoms with Crippen molar-refractivity contribution in [3.05, 3.63) is 70.1 Å². The van der Waals surface area contributed by atoms with E-state index in [1.54, 1.807) is 13.2 Å². The summed E-state index contributed by atoms with van der Waals surface area (Å²) in [6.07, 6.45) is 0.355. The number of aromatic amines is 1. The molecule has 3 N–H and O–H groups in total. The summed E-state index contributed by atoms with van der Waals surface area (Å²) < 4.78 is 5.13. The molecule has 0 aliphatic rings. The van der Waals surface area contributed by atoms with Gasteiger partial charge in [-0.3, -0.25) is 4.79 Å². The molecule has 0 saturated heterocycles. The van der Waals surface area contributed by atoms with Crippen LogP contribution in [0.15, 0.2) is 53.3 Å². The van der Waals surface area contributed by atoms with Gasteiger partial charge in [0.2, 0.25) is 0 Å². The second-order valence-corrected chi connectivity index (χ2v) is 5.04. The molecule has 116 valence electrons. The van der Waals surface area contributed by atoms with Crippen molar-refractivity contribution in [2.24, 2.45) is 0 Å². The van der Waals surface area contributed by atoms with Gasteiger partial charge in [0.25, 0.3) is 5.56 Å². The third-order valence-corrected chi connectivity index (χ3v) is 3.53. The summed E-state index contributed by atoms with van der Waals surface area (Å²) in [5, 5.41) is 6.50. The first-order chi connectivity index (χ1) is 11.2. The van der Waals surface area contributed by atoms with Gasteiger partial charge in [-0.25, -0.2) is 10.1 Å². The Morgan fingerprint density at radius 2 is 1.87 bits per heavy atom. The predicted molar refractivity (Wildman–Crippen MR) is 88.3 cm³/mol. The van der Waals surface area contributed by atoms with Gasteiger partial charge in [0.1, 0.15) is 11.4 Å². The number of H-pyrrole nitrogens is 1. The van der Waals surface area contributed by atoms with Crippen molar-refractivity contribution < 1.29 is 4.74 Å². The summed E-state index contributed by atoms with van der Waals surface area (Å²) in [7, 11) is 1.61. The Balaban J connectivity index is 1.95. The molecule has 3 rings (SSSR count). The van der Waals surface area contributed by atoms with Crippen LogP contribution in [-0.2, 0) is 6.42 Å². The van der Waals surface area contributed by atoms with Crippen LogP contribution in [0.4, 0.5) is 5.69 Å². The van der Waals surface area contributed by atoms with E-state index < -0.39 is 0 Å². The Labute approximate surface area is 133 Å². The molecule has 6 nitrogen and oxygen atoms in total. The van der Waals surface area contributed by atoms with Gasteiger partial charge in [-0.1, -0.05) is 18.2 Å². The van der Waals surface area contributed by atoms with E-state index in [1.165, 1.54) is 0 Å². The molecule has 0 aliphatic carbocycles. The summed E-state index contributed by atoms with van der Waals surface area (Å²) in [5.41, 5.74) is 8.28. The van der Waals surface area contributed by atoms with Crippen LogP contribution >= 0.6 is 0 Å². The minimum Gasteiger partial charge on any atom is -0.497 e. The van der Waals surface area contributed by atoms with E-state index in [0.717, 1.165) is 16.9 Å². The van der Waals surface area contributed by atoms with Crippen LogP contribution < -0.4 is 16.0 Å². The topological polar surface area (TPSA) is 93.9 Å². The average Bonchev–Trinajstić information content (AvgIpc) is 2.59. The number of rotatable bonds is 4. The van der Waals surface area contributed by atoms with Crippen LogP contribution in [-0.4, -0.2) is 22.3 Å². The average molecular weight is 308 g/mol. The maximum Gasteiger partial charge on any atom is 0.286 e. The molecule has 0 saturated carbocycles. The molecule has 6 heteroatoms.